The van der Waals surface area contributed by atoms with E-state index < -0.39 is 0 Å². The van der Waals surface area contributed by atoms with Crippen molar-refractivity contribution in [2.24, 2.45) is 0 Å². The van der Waals surface area contributed by atoms with Crippen LogP contribution in [0.25, 0.3) is 0 Å². The van der Waals surface area contributed by atoms with Crippen LogP contribution in [-0.4, -0.2) is 15.7 Å². The molecular formula is C20H21N3O2. The average Bonchev–Trinajstić information content (AvgIpc) is 3.08. The van der Waals surface area contributed by atoms with Crippen LogP contribution in [0.3, 0.4) is 0 Å². The van der Waals surface area contributed by atoms with E-state index in [4.69, 9.17) is 4.74 Å². The molecule has 1 amide bonds. The van der Waals surface area contributed by atoms with Crippen LogP contribution >= 0.6 is 0 Å². The third-order valence-corrected chi connectivity index (χ3v) is 3.87. The second kappa shape index (κ2) is 7.66. The molecule has 25 heavy (non-hydrogen) atoms. The molecule has 1 N–H and O–H groups in total. The normalized spacial score (nSPS) is 10.5. The van der Waals surface area contributed by atoms with Crippen molar-refractivity contribution < 1.29 is 9.53 Å². The van der Waals surface area contributed by atoms with Crippen molar-refractivity contribution in [3.8, 4) is 5.75 Å². The van der Waals surface area contributed by atoms with Gasteiger partial charge in [-0.1, -0.05) is 36.8 Å². The summed E-state index contributed by atoms with van der Waals surface area (Å²) in [5, 5.41) is 7.05. The molecule has 0 aliphatic heterocycles. The number of carbonyl (C=O) groups excluding carboxylic acids is 1. The molecule has 0 unspecified atom stereocenters. The van der Waals surface area contributed by atoms with Gasteiger partial charge in [0, 0.05) is 5.56 Å². The Morgan fingerprint density at radius 1 is 1.20 bits per heavy atom. The van der Waals surface area contributed by atoms with Crippen LogP contribution in [0.1, 0.15) is 28.4 Å². The molecule has 1 aromatic heterocycles. The summed E-state index contributed by atoms with van der Waals surface area (Å²) in [6, 6.07) is 15.5. The highest BCUT2D eigenvalue weighted by Crippen LogP contribution is 2.14. The van der Waals surface area contributed by atoms with E-state index in [0.29, 0.717) is 11.3 Å². The zero-order valence-electron chi connectivity index (χ0n) is 14.4. The molecule has 2 aromatic carbocycles. The van der Waals surface area contributed by atoms with Crippen LogP contribution in [-0.2, 0) is 13.2 Å². The molecule has 3 aromatic rings. The van der Waals surface area contributed by atoms with Gasteiger partial charge in [-0.3, -0.25) is 4.79 Å². The number of benzene rings is 2. The maximum Gasteiger partial charge on any atom is 0.255 e. The van der Waals surface area contributed by atoms with Gasteiger partial charge in [-0.15, -0.1) is 0 Å². The van der Waals surface area contributed by atoms with Crippen LogP contribution in [0.5, 0.6) is 5.75 Å². The highest BCUT2D eigenvalue weighted by Gasteiger charge is 2.07. The molecule has 128 valence electrons. The van der Waals surface area contributed by atoms with Gasteiger partial charge in [-0.2, -0.15) is 5.10 Å². The molecule has 0 saturated heterocycles. The van der Waals surface area contributed by atoms with E-state index in [1.54, 1.807) is 23.1 Å². The van der Waals surface area contributed by atoms with Gasteiger partial charge in [-0.25, -0.2) is 4.68 Å². The minimum absolute atomic E-state index is 0.153. The zero-order valence-corrected chi connectivity index (χ0v) is 14.4. The number of aromatic nitrogens is 2. The highest BCUT2D eigenvalue weighted by atomic mass is 16.5. The monoisotopic (exact) mass is 335 g/mol. The first-order valence-electron chi connectivity index (χ1n) is 8.26. The van der Waals surface area contributed by atoms with Crippen LogP contribution in [0.2, 0.25) is 0 Å². The van der Waals surface area contributed by atoms with Gasteiger partial charge >= 0.3 is 0 Å². The van der Waals surface area contributed by atoms with E-state index in [0.717, 1.165) is 17.7 Å². The number of ether oxygens (including phenoxy) is 1. The Morgan fingerprint density at radius 2 is 2.00 bits per heavy atom. The Balaban J connectivity index is 1.57. The second-order valence-electron chi connectivity index (χ2n) is 5.86. The van der Waals surface area contributed by atoms with Gasteiger partial charge in [0.2, 0.25) is 0 Å². The lowest BCUT2D eigenvalue weighted by Gasteiger charge is -2.07. The summed E-state index contributed by atoms with van der Waals surface area (Å²) < 4.78 is 7.34. The number of rotatable bonds is 6. The van der Waals surface area contributed by atoms with Crippen molar-refractivity contribution in [3.05, 3.63) is 77.6 Å². The highest BCUT2D eigenvalue weighted by molar-refractivity contribution is 6.04. The Bertz CT molecular complexity index is 853. The van der Waals surface area contributed by atoms with Gasteiger partial charge in [0.25, 0.3) is 5.91 Å². The van der Waals surface area contributed by atoms with E-state index >= 15 is 0 Å². The fraction of sp³-hybridized carbons (Fsp3) is 0.200. The first kappa shape index (κ1) is 16.8. The number of aryl methyl sites for hydroxylation is 2. The Hall–Kier alpha value is -3.08. The number of nitrogens with zero attached hydrogens (tertiary/aromatic N) is 2. The van der Waals surface area contributed by atoms with E-state index in [1.807, 2.05) is 49.4 Å². The predicted octanol–water partition coefficient (Wildman–Crippen LogP) is 4.04. The van der Waals surface area contributed by atoms with Crippen molar-refractivity contribution in [1.29, 1.82) is 0 Å². The molecule has 5 heteroatoms. The fourth-order valence-corrected chi connectivity index (χ4v) is 2.45. The molecule has 5 nitrogen and oxygen atoms in total. The Labute approximate surface area is 147 Å². The molecule has 0 bridgehead atoms. The first-order chi connectivity index (χ1) is 12.1. The largest absolute Gasteiger partial charge is 0.471 e. The molecule has 3 rings (SSSR count). The van der Waals surface area contributed by atoms with Crippen molar-refractivity contribution in [2.45, 2.75) is 27.0 Å². The molecule has 0 atom stereocenters. The molecule has 0 spiro atoms. The average molecular weight is 335 g/mol. The van der Waals surface area contributed by atoms with Crippen molar-refractivity contribution in [1.82, 2.24) is 9.78 Å². The summed E-state index contributed by atoms with van der Waals surface area (Å²) in [6.07, 6.45) is 4.36. The molecule has 0 aliphatic rings. The van der Waals surface area contributed by atoms with Crippen LogP contribution < -0.4 is 10.1 Å². The number of carbonyl (C=O) groups is 1. The SMILES string of the molecule is CCc1ccc(OCn2cc(NC(=O)c3cccc(C)c3)cn2)cc1. The van der Waals surface area contributed by atoms with Gasteiger partial charge in [-0.05, 0) is 43.2 Å². The number of amides is 1. The van der Waals surface area contributed by atoms with Crippen LogP contribution in [0.4, 0.5) is 5.69 Å². The maximum absolute atomic E-state index is 12.2. The van der Waals surface area contributed by atoms with Crippen LogP contribution in [0.15, 0.2) is 60.9 Å². The number of hydrogen-bond acceptors (Lipinski definition) is 3. The maximum atomic E-state index is 12.2. The molecule has 1 heterocycles. The quantitative estimate of drug-likeness (QED) is 0.739. The lowest BCUT2D eigenvalue weighted by atomic mass is 10.1. The third-order valence-electron chi connectivity index (χ3n) is 3.87. The summed E-state index contributed by atoms with van der Waals surface area (Å²) in [7, 11) is 0. The van der Waals surface area contributed by atoms with Crippen molar-refractivity contribution >= 4 is 11.6 Å². The summed E-state index contributed by atoms with van der Waals surface area (Å²) in [5.74, 6) is 0.636. The minimum atomic E-state index is -0.153. The van der Waals surface area contributed by atoms with Crippen LogP contribution in [0, 0.1) is 6.92 Å². The number of nitrogens with one attached hydrogen (secondary N) is 1. The zero-order chi connectivity index (χ0) is 17.6. The second-order valence-corrected chi connectivity index (χ2v) is 5.86. The fourth-order valence-electron chi connectivity index (χ4n) is 2.45. The molecule has 0 fully saturated rings. The molecule has 0 aliphatic carbocycles. The smallest absolute Gasteiger partial charge is 0.255 e. The molecule has 0 saturated carbocycles. The number of anilines is 1. The van der Waals surface area contributed by atoms with Gasteiger partial charge in [0.05, 0.1) is 18.1 Å². The summed E-state index contributed by atoms with van der Waals surface area (Å²) in [5.41, 5.74) is 3.58. The Morgan fingerprint density at radius 3 is 2.72 bits per heavy atom. The number of hydrogen-bond donors (Lipinski definition) is 1. The van der Waals surface area contributed by atoms with Gasteiger partial charge in [0.15, 0.2) is 6.73 Å². The summed E-state index contributed by atoms with van der Waals surface area (Å²) in [6.45, 7) is 4.36. The minimum Gasteiger partial charge on any atom is -0.471 e. The summed E-state index contributed by atoms with van der Waals surface area (Å²) >= 11 is 0. The first-order valence-corrected chi connectivity index (χ1v) is 8.26. The molecule has 0 radical (unpaired) electrons. The van der Waals surface area contributed by atoms with Crippen molar-refractivity contribution in [2.75, 3.05) is 5.32 Å². The molecular weight excluding hydrogens is 314 g/mol. The lowest BCUT2D eigenvalue weighted by molar-refractivity contribution is 0.102. The van der Waals surface area contributed by atoms with Gasteiger partial charge < -0.3 is 10.1 Å². The Kier molecular flexibility index (Phi) is 5.14. The standard InChI is InChI=1S/C20H21N3O2/c1-3-16-7-9-19(10-8-16)25-14-23-13-18(12-21-23)22-20(24)17-6-4-5-15(2)11-17/h4-13H,3,14H2,1-2H3,(H,22,24). The van der Waals surface area contributed by atoms with E-state index in [-0.39, 0.29) is 12.6 Å². The lowest BCUT2D eigenvalue weighted by Crippen LogP contribution is -2.11. The van der Waals surface area contributed by atoms with Gasteiger partial charge in [0.1, 0.15) is 5.75 Å². The topological polar surface area (TPSA) is 56.1 Å². The van der Waals surface area contributed by atoms with E-state index in [2.05, 4.69) is 17.3 Å². The predicted molar refractivity (Wildman–Crippen MR) is 97.8 cm³/mol. The van der Waals surface area contributed by atoms with Crippen molar-refractivity contribution in [3.63, 3.8) is 0 Å². The third kappa shape index (κ3) is 4.47. The summed E-state index contributed by atoms with van der Waals surface area (Å²) in [4.78, 5) is 12.2. The van der Waals surface area contributed by atoms with E-state index in [9.17, 15) is 4.79 Å². The van der Waals surface area contributed by atoms with E-state index in [1.165, 1.54) is 5.56 Å².